The molecule has 0 amide bonds. The summed E-state index contributed by atoms with van der Waals surface area (Å²) in [6, 6.07) is 0. The Morgan fingerprint density at radius 2 is 2.20 bits per heavy atom. The molecule has 0 aromatic carbocycles. The van der Waals surface area contributed by atoms with Crippen molar-refractivity contribution in [2.45, 2.75) is 13.3 Å². The summed E-state index contributed by atoms with van der Waals surface area (Å²) in [5, 5.41) is 0. The number of thiol groups is 1. The average Bonchev–Trinajstić information content (AvgIpc) is 2.00. The summed E-state index contributed by atoms with van der Waals surface area (Å²) in [5.74, 6) is -0.484. The molecule has 0 atom stereocenters. The topological polar surface area (TPSA) is 52.3 Å². The van der Waals surface area contributed by atoms with E-state index in [1.807, 2.05) is 6.92 Å². The Morgan fingerprint density at radius 3 is 2.50 bits per heavy atom. The fraction of sp³-hybridized carbons (Fsp3) is 0.500. The molecule has 0 saturated carbocycles. The first-order chi connectivity index (χ1) is 4.63. The number of hydrogen-bond acceptors (Lipinski definition) is 4. The molecule has 10 heavy (non-hydrogen) atoms. The largest absolute Gasteiger partial charge is 0.465 e. The molecule has 0 aliphatic rings. The molecule has 0 rings (SSSR count). The van der Waals surface area contributed by atoms with Gasteiger partial charge in [-0.3, -0.25) is 0 Å². The van der Waals surface area contributed by atoms with E-state index in [1.165, 1.54) is 7.11 Å². The maximum absolute atomic E-state index is 10.7. The number of carbonyl (C=O) groups is 1. The van der Waals surface area contributed by atoms with Crippen molar-refractivity contribution in [2.24, 2.45) is 5.73 Å². The maximum atomic E-state index is 10.7. The summed E-state index contributed by atoms with van der Waals surface area (Å²) >= 11 is 3.86. The molecular weight excluding hydrogens is 150 g/mol. The van der Waals surface area contributed by atoms with Crippen LogP contribution in [0.5, 0.6) is 0 Å². The van der Waals surface area contributed by atoms with Gasteiger partial charge in [-0.1, -0.05) is 6.92 Å². The molecule has 0 aromatic rings. The summed E-state index contributed by atoms with van der Waals surface area (Å²) < 4.78 is 4.38. The minimum absolute atomic E-state index is 0.199. The van der Waals surface area contributed by atoms with Crippen molar-refractivity contribution in [3.05, 3.63) is 10.6 Å². The van der Waals surface area contributed by atoms with Crippen molar-refractivity contribution in [1.82, 2.24) is 0 Å². The second kappa shape index (κ2) is 4.22. The predicted molar refractivity (Wildman–Crippen MR) is 42.5 cm³/mol. The molecule has 0 fully saturated rings. The van der Waals surface area contributed by atoms with Gasteiger partial charge < -0.3 is 10.5 Å². The Hall–Kier alpha value is -0.640. The van der Waals surface area contributed by atoms with Crippen LogP contribution in [0.25, 0.3) is 0 Å². The summed E-state index contributed by atoms with van der Waals surface area (Å²) in [4.78, 5) is 10.9. The molecule has 0 saturated heterocycles. The first-order valence-corrected chi connectivity index (χ1v) is 3.34. The van der Waals surface area contributed by atoms with Gasteiger partial charge in [-0.25, -0.2) is 4.79 Å². The number of carbonyl (C=O) groups excluding carboxylic acids is 1. The summed E-state index contributed by atoms with van der Waals surface area (Å²) in [5.41, 5.74) is 5.85. The third-order valence-corrected chi connectivity index (χ3v) is 1.53. The van der Waals surface area contributed by atoms with E-state index in [1.54, 1.807) is 0 Å². The highest BCUT2D eigenvalue weighted by Crippen LogP contribution is 2.08. The number of hydrogen-bond donors (Lipinski definition) is 2. The molecule has 3 nitrogen and oxygen atoms in total. The van der Waals surface area contributed by atoms with E-state index < -0.39 is 5.97 Å². The van der Waals surface area contributed by atoms with Crippen molar-refractivity contribution >= 4 is 18.6 Å². The number of nitrogens with two attached hydrogens (primary N) is 1. The third-order valence-electron chi connectivity index (χ3n) is 1.06. The number of methoxy groups -OCH3 is 1. The van der Waals surface area contributed by atoms with Crippen LogP contribution in [0.2, 0.25) is 0 Å². The summed E-state index contributed by atoms with van der Waals surface area (Å²) in [6.45, 7) is 1.84. The molecule has 0 spiro atoms. The Bertz CT molecular complexity index is 165. The van der Waals surface area contributed by atoms with Gasteiger partial charge in [0.25, 0.3) is 0 Å². The van der Waals surface area contributed by atoms with E-state index in [0.29, 0.717) is 12.1 Å². The molecule has 0 aromatic heterocycles. The van der Waals surface area contributed by atoms with E-state index in [0.717, 1.165) is 0 Å². The van der Waals surface area contributed by atoms with Crippen LogP contribution >= 0.6 is 12.6 Å². The van der Waals surface area contributed by atoms with Crippen LogP contribution in [-0.4, -0.2) is 13.1 Å². The summed E-state index contributed by atoms with van der Waals surface area (Å²) in [7, 11) is 1.29. The molecule has 0 aliphatic heterocycles. The highest BCUT2D eigenvalue weighted by atomic mass is 32.1. The lowest BCUT2D eigenvalue weighted by atomic mass is 10.3. The normalized spacial score (nSPS) is 12.3. The van der Waals surface area contributed by atoms with E-state index >= 15 is 0 Å². The predicted octanol–water partition coefficient (Wildman–Crippen LogP) is 0.670. The molecule has 0 bridgehead atoms. The second-order valence-corrected chi connectivity index (χ2v) is 2.17. The fourth-order valence-electron chi connectivity index (χ4n) is 0.395. The van der Waals surface area contributed by atoms with Gasteiger partial charge in [0.05, 0.1) is 7.11 Å². The number of rotatable bonds is 2. The quantitative estimate of drug-likeness (QED) is 0.355. The Labute approximate surface area is 65.6 Å². The number of allylic oxidation sites excluding steroid dienone is 1. The first kappa shape index (κ1) is 9.36. The molecule has 4 heteroatoms. The molecule has 0 heterocycles. The van der Waals surface area contributed by atoms with Gasteiger partial charge in [0.1, 0.15) is 4.91 Å². The minimum Gasteiger partial charge on any atom is -0.465 e. The lowest BCUT2D eigenvalue weighted by molar-refractivity contribution is -0.135. The zero-order valence-corrected chi connectivity index (χ0v) is 6.94. The van der Waals surface area contributed by atoms with Crippen LogP contribution in [-0.2, 0) is 9.53 Å². The van der Waals surface area contributed by atoms with Gasteiger partial charge in [0.2, 0.25) is 0 Å². The zero-order valence-electron chi connectivity index (χ0n) is 6.05. The standard InChI is InChI=1S/C6H11NO2S/c1-3-4(7)5(10)6(8)9-2/h10H,3,7H2,1-2H3. The first-order valence-electron chi connectivity index (χ1n) is 2.89. The SMILES string of the molecule is CCC(N)=C(S)C(=O)OC. The molecule has 0 aliphatic carbocycles. The highest BCUT2D eigenvalue weighted by molar-refractivity contribution is 7.85. The highest BCUT2D eigenvalue weighted by Gasteiger charge is 2.06. The Kier molecular flexibility index (Phi) is 3.95. The molecule has 2 N–H and O–H groups in total. The Morgan fingerprint density at radius 1 is 1.70 bits per heavy atom. The maximum Gasteiger partial charge on any atom is 0.345 e. The van der Waals surface area contributed by atoms with Gasteiger partial charge in [-0.05, 0) is 6.42 Å². The van der Waals surface area contributed by atoms with Crippen LogP contribution in [0.1, 0.15) is 13.3 Å². The van der Waals surface area contributed by atoms with Gasteiger partial charge in [0.15, 0.2) is 0 Å². The average molecular weight is 161 g/mol. The Balaban J connectivity index is 4.30. The third kappa shape index (κ3) is 2.31. The smallest absolute Gasteiger partial charge is 0.345 e. The van der Waals surface area contributed by atoms with Gasteiger partial charge >= 0.3 is 5.97 Å². The van der Waals surface area contributed by atoms with Crippen molar-refractivity contribution in [1.29, 1.82) is 0 Å². The van der Waals surface area contributed by atoms with Gasteiger partial charge in [0, 0.05) is 5.70 Å². The minimum atomic E-state index is -0.484. The monoisotopic (exact) mass is 161 g/mol. The molecule has 0 radical (unpaired) electrons. The van der Waals surface area contributed by atoms with Crippen LogP contribution in [0.4, 0.5) is 0 Å². The fourth-order valence-corrected chi connectivity index (χ4v) is 0.645. The lowest BCUT2D eigenvalue weighted by Gasteiger charge is -2.00. The van der Waals surface area contributed by atoms with Crippen molar-refractivity contribution in [3.63, 3.8) is 0 Å². The van der Waals surface area contributed by atoms with Crippen molar-refractivity contribution in [2.75, 3.05) is 7.11 Å². The molecule has 58 valence electrons. The zero-order chi connectivity index (χ0) is 8.15. The van der Waals surface area contributed by atoms with E-state index in [2.05, 4.69) is 17.4 Å². The summed E-state index contributed by atoms with van der Waals surface area (Å²) in [6.07, 6.45) is 0.605. The van der Waals surface area contributed by atoms with Gasteiger partial charge in [-0.2, -0.15) is 0 Å². The lowest BCUT2D eigenvalue weighted by Crippen LogP contribution is -2.07. The number of esters is 1. The van der Waals surface area contributed by atoms with Crippen LogP contribution < -0.4 is 5.73 Å². The molecular formula is C6H11NO2S. The van der Waals surface area contributed by atoms with Crippen LogP contribution in [0.15, 0.2) is 10.6 Å². The van der Waals surface area contributed by atoms with Gasteiger partial charge in [-0.15, -0.1) is 12.6 Å². The van der Waals surface area contributed by atoms with Crippen molar-refractivity contribution in [3.8, 4) is 0 Å². The molecule has 0 unspecified atom stereocenters. The van der Waals surface area contributed by atoms with Crippen molar-refractivity contribution < 1.29 is 9.53 Å². The van der Waals surface area contributed by atoms with E-state index in [9.17, 15) is 4.79 Å². The van der Waals surface area contributed by atoms with E-state index in [-0.39, 0.29) is 4.91 Å². The number of ether oxygens (including phenoxy) is 1. The van der Waals surface area contributed by atoms with Crippen LogP contribution in [0.3, 0.4) is 0 Å². The van der Waals surface area contributed by atoms with E-state index in [4.69, 9.17) is 5.73 Å². The van der Waals surface area contributed by atoms with Crippen LogP contribution in [0, 0.1) is 0 Å². The second-order valence-electron chi connectivity index (χ2n) is 1.72.